The van der Waals surface area contributed by atoms with Crippen molar-refractivity contribution in [3.63, 3.8) is 0 Å². The third kappa shape index (κ3) is 3.16. The van der Waals surface area contributed by atoms with Gasteiger partial charge in [0.25, 0.3) is 0 Å². The Morgan fingerprint density at radius 1 is 1.50 bits per heavy atom. The van der Waals surface area contributed by atoms with Crippen molar-refractivity contribution in [1.29, 1.82) is 0 Å². The molecule has 0 bridgehead atoms. The molecular weight excluding hydrogens is 152 g/mol. The van der Waals surface area contributed by atoms with Gasteiger partial charge in [0.2, 0.25) is 0 Å². The van der Waals surface area contributed by atoms with Crippen LogP contribution in [0.3, 0.4) is 0 Å². The van der Waals surface area contributed by atoms with Gasteiger partial charge in [-0.05, 0) is 19.1 Å². The third-order valence-electron chi connectivity index (χ3n) is 1.29. The van der Waals surface area contributed by atoms with Crippen molar-refractivity contribution in [3.8, 4) is 0 Å². The van der Waals surface area contributed by atoms with Crippen LogP contribution in [0.2, 0.25) is 0 Å². The van der Waals surface area contributed by atoms with E-state index in [2.05, 4.69) is 10.5 Å². The van der Waals surface area contributed by atoms with E-state index in [9.17, 15) is 0 Å². The summed E-state index contributed by atoms with van der Waals surface area (Å²) < 4.78 is 0. The maximum atomic E-state index is 5.10. The summed E-state index contributed by atoms with van der Waals surface area (Å²) >= 11 is 0. The van der Waals surface area contributed by atoms with Gasteiger partial charge in [-0.2, -0.15) is 0 Å². The SMILES string of the molecule is CC=CCONc1ccncc1. The van der Waals surface area contributed by atoms with Gasteiger partial charge < -0.3 is 0 Å². The number of allylic oxidation sites excluding steroid dienone is 1. The monoisotopic (exact) mass is 164 g/mol. The average molecular weight is 164 g/mol. The Kier molecular flexibility index (Phi) is 3.88. The van der Waals surface area contributed by atoms with Crippen LogP contribution < -0.4 is 5.48 Å². The fourth-order valence-corrected chi connectivity index (χ4v) is 0.689. The molecule has 0 unspecified atom stereocenters. The van der Waals surface area contributed by atoms with Gasteiger partial charge in [0.15, 0.2) is 0 Å². The summed E-state index contributed by atoms with van der Waals surface area (Å²) in [4.78, 5) is 8.98. The molecule has 12 heavy (non-hydrogen) atoms. The molecule has 1 aromatic heterocycles. The molecule has 0 radical (unpaired) electrons. The fraction of sp³-hybridized carbons (Fsp3) is 0.222. The lowest BCUT2D eigenvalue weighted by molar-refractivity contribution is 0.228. The van der Waals surface area contributed by atoms with Crippen LogP contribution in [0.15, 0.2) is 36.7 Å². The van der Waals surface area contributed by atoms with E-state index in [-0.39, 0.29) is 0 Å². The van der Waals surface area contributed by atoms with Crippen molar-refractivity contribution in [2.45, 2.75) is 6.92 Å². The van der Waals surface area contributed by atoms with Crippen molar-refractivity contribution >= 4 is 5.69 Å². The molecule has 0 spiro atoms. The van der Waals surface area contributed by atoms with Gasteiger partial charge >= 0.3 is 0 Å². The second kappa shape index (κ2) is 5.32. The third-order valence-corrected chi connectivity index (χ3v) is 1.29. The number of aromatic nitrogens is 1. The van der Waals surface area contributed by atoms with Crippen molar-refractivity contribution < 1.29 is 4.84 Å². The number of rotatable bonds is 4. The van der Waals surface area contributed by atoms with Gasteiger partial charge in [0, 0.05) is 12.4 Å². The Morgan fingerprint density at radius 3 is 2.92 bits per heavy atom. The first kappa shape index (κ1) is 8.74. The highest BCUT2D eigenvalue weighted by molar-refractivity contribution is 5.38. The molecule has 0 aliphatic rings. The highest BCUT2D eigenvalue weighted by Crippen LogP contribution is 2.02. The summed E-state index contributed by atoms with van der Waals surface area (Å²) in [6.07, 6.45) is 7.28. The minimum atomic E-state index is 0.568. The molecule has 1 aromatic rings. The van der Waals surface area contributed by atoms with Crippen LogP contribution in [-0.4, -0.2) is 11.6 Å². The average Bonchev–Trinajstić information content (AvgIpc) is 2.14. The molecule has 0 aliphatic heterocycles. The number of hydrogen-bond donors (Lipinski definition) is 1. The maximum Gasteiger partial charge on any atom is 0.0927 e. The van der Waals surface area contributed by atoms with Crippen molar-refractivity contribution in [2.24, 2.45) is 0 Å². The Morgan fingerprint density at radius 2 is 2.25 bits per heavy atom. The van der Waals surface area contributed by atoms with Crippen LogP contribution >= 0.6 is 0 Å². The van der Waals surface area contributed by atoms with E-state index in [4.69, 9.17) is 4.84 Å². The normalized spacial score (nSPS) is 10.4. The minimum absolute atomic E-state index is 0.568. The molecule has 1 N–H and O–H groups in total. The first-order chi connectivity index (χ1) is 5.93. The Bertz CT molecular complexity index is 234. The van der Waals surface area contributed by atoms with Crippen LogP contribution in [0.4, 0.5) is 5.69 Å². The molecule has 0 saturated heterocycles. The molecule has 3 heteroatoms. The number of nitrogens with zero attached hydrogens (tertiary/aromatic N) is 1. The van der Waals surface area contributed by atoms with Crippen molar-refractivity contribution in [1.82, 2.24) is 4.98 Å². The topological polar surface area (TPSA) is 34.1 Å². The zero-order valence-corrected chi connectivity index (χ0v) is 7.03. The lowest BCUT2D eigenvalue weighted by Crippen LogP contribution is -2.00. The molecule has 1 heterocycles. The highest BCUT2D eigenvalue weighted by Gasteiger charge is 1.86. The summed E-state index contributed by atoms with van der Waals surface area (Å²) in [6, 6.07) is 3.69. The summed E-state index contributed by atoms with van der Waals surface area (Å²) in [5.74, 6) is 0. The number of anilines is 1. The second-order valence-electron chi connectivity index (χ2n) is 2.22. The second-order valence-corrected chi connectivity index (χ2v) is 2.22. The summed E-state index contributed by atoms with van der Waals surface area (Å²) in [6.45, 7) is 2.52. The molecule has 0 saturated carbocycles. The largest absolute Gasteiger partial charge is 0.272 e. The molecule has 64 valence electrons. The van der Waals surface area contributed by atoms with Crippen molar-refractivity contribution in [3.05, 3.63) is 36.7 Å². The van der Waals surface area contributed by atoms with Crippen molar-refractivity contribution in [2.75, 3.05) is 12.1 Å². The molecule has 0 atom stereocenters. The molecule has 1 rings (SSSR count). The van der Waals surface area contributed by atoms with E-state index in [1.54, 1.807) is 12.4 Å². The molecule has 3 nitrogen and oxygen atoms in total. The van der Waals surface area contributed by atoms with E-state index in [0.29, 0.717) is 6.61 Å². The van der Waals surface area contributed by atoms with Gasteiger partial charge in [0.05, 0.1) is 12.3 Å². The number of hydrogen-bond acceptors (Lipinski definition) is 3. The van der Waals surface area contributed by atoms with E-state index >= 15 is 0 Å². The predicted octanol–water partition coefficient (Wildman–Crippen LogP) is 2.00. The van der Waals surface area contributed by atoms with Crippen LogP contribution in [0.25, 0.3) is 0 Å². The zero-order chi connectivity index (χ0) is 8.65. The molecule has 0 amide bonds. The van der Waals surface area contributed by atoms with Gasteiger partial charge in [-0.25, -0.2) is 0 Å². The number of pyridine rings is 1. The lowest BCUT2D eigenvalue weighted by Gasteiger charge is -2.02. The lowest BCUT2D eigenvalue weighted by atomic mass is 10.4. The quantitative estimate of drug-likeness (QED) is 0.420. The van der Waals surface area contributed by atoms with Gasteiger partial charge in [-0.15, -0.1) is 0 Å². The molecule has 0 aliphatic carbocycles. The van der Waals surface area contributed by atoms with Crippen LogP contribution in [-0.2, 0) is 4.84 Å². The first-order valence-electron chi connectivity index (χ1n) is 3.82. The molecular formula is C9H12N2O. The summed E-state index contributed by atoms with van der Waals surface area (Å²) in [5, 5.41) is 0. The Balaban J connectivity index is 2.24. The fourth-order valence-electron chi connectivity index (χ4n) is 0.689. The standard InChI is InChI=1S/C9H12N2O/c1-2-3-8-12-11-9-4-6-10-7-5-9/h2-7H,8H2,1H3,(H,10,11). The van der Waals surface area contributed by atoms with E-state index in [0.717, 1.165) is 5.69 Å². The Labute approximate surface area is 72.0 Å². The minimum Gasteiger partial charge on any atom is -0.272 e. The predicted molar refractivity (Wildman–Crippen MR) is 48.6 cm³/mol. The summed E-state index contributed by atoms with van der Waals surface area (Å²) in [5.41, 5.74) is 3.70. The first-order valence-corrected chi connectivity index (χ1v) is 3.82. The smallest absolute Gasteiger partial charge is 0.0927 e. The Hall–Kier alpha value is -1.35. The summed E-state index contributed by atoms with van der Waals surface area (Å²) in [7, 11) is 0. The van der Waals surface area contributed by atoms with Crippen LogP contribution in [0, 0.1) is 0 Å². The van der Waals surface area contributed by atoms with E-state index in [1.807, 2.05) is 31.2 Å². The highest BCUT2D eigenvalue weighted by atomic mass is 16.6. The maximum absolute atomic E-state index is 5.10. The number of nitrogens with one attached hydrogen (secondary N) is 1. The van der Waals surface area contributed by atoms with Gasteiger partial charge in [-0.3, -0.25) is 15.3 Å². The zero-order valence-electron chi connectivity index (χ0n) is 7.03. The molecule has 0 aromatic carbocycles. The van der Waals surface area contributed by atoms with E-state index in [1.165, 1.54) is 0 Å². The van der Waals surface area contributed by atoms with Crippen LogP contribution in [0.5, 0.6) is 0 Å². The van der Waals surface area contributed by atoms with E-state index < -0.39 is 0 Å². The van der Waals surface area contributed by atoms with Gasteiger partial charge in [-0.1, -0.05) is 12.2 Å². The van der Waals surface area contributed by atoms with Gasteiger partial charge in [0.1, 0.15) is 0 Å². The molecule has 0 fully saturated rings. The van der Waals surface area contributed by atoms with Crippen LogP contribution in [0.1, 0.15) is 6.92 Å².